The van der Waals surface area contributed by atoms with Crippen molar-refractivity contribution in [1.29, 1.82) is 0 Å². The number of hydrogen-bond acceptors (Lipinski definition) is 5. The number of hydrogen-bond donors (Lipinski definition) is 1. The molecule has 0 aromatic heterocycles. The molecular weight excluding hydrogens is 340 g/mol. The quantitative estimate of drug-likeness (QED) is 0.633. The first-order valence-corrected chi connectivity index (χ1v) is 7.60. The minimum absolute atomic E-state index is 0. The highest BCUT2D eigenvalue weighted by Gasteiger charge is 2.06. The summed E-state index contributed by atoms with van der Waals surface area (Å²) in [5, 5.41) is 11.0. The van der Waals surface area contributed by atoms with E-state index < -0.39 is 0 Å². The molecule has 25 heavy (non-hydrogen) atoms. The number of nitrogens with zero attached hydrogens (tertiary/aromatic N) is 2. The van der Waals surface area contributed by atoms with Crippen LogP contribution in [0.25, 0.3) is 0 Å². The fraction of sp³-hybridized carbons (Fsp3) is 0.158. The van der Waals surface area contributed by atoms with Crippen molar-refractivity contribution in [2.24, 2.45) is 4.99 Å². The number of aliphatic imine (C=N–C) groups is 1. The van der Waals surface area contributed by atoms with Crippen molar-refractivity contribution in [3.8, 4) is 0 Å². The molecule has 1 N–H and O–H groups in total. The topological polar surface area (TPSA) is 62.1 Å². The van der Waals surface area contributed by atoms with Crippen LogP contribution in [0.4, 0.5) is 5.69 Å². The molecule has 132 valence electrons. The summed E-state index contributed by atoms with van der Waals surface area (Å²) in [6.07, 6.45) is 12.9. The van der Waals surface area contributed by atoms with Gasteiger partial charge in [0.05, 0.1) is 23.6 Å². The largest absolute Gasteiger partial charge is 0.462 e. The highest BCUT2D eigenvalue weighted by atomic mass is 35.5. The molecule has 0 aliphatic heterocycles. The van der Waals surface area contributed by atoms with E-state index in [0.29, 0.717) is 17.9 Å². The first-order chi connectivity index (χ1) is 11.6. The van der Waals surface area contributed by atoms with Crippen molar-refractivity contribution in [2.75, 3.05) is 18.7 Å². The van der Waals surface area contributed by atoms with Gasteiger partial charge in [0.15, 0.2) is 0 Å². The van der Waals surface area contributed by atoms with Crippen molar-refractivity contribution in [2.45, 2.75) is 6.92 Å². The highest BCUT2D eigenvalue weighted by Crippen LogP contribution is 2.15. The third kappa shape index (κ3) is 6.06. The number of benzene rings is 1. The van der Waals surface area contributed by atoms with Gasteiger partial charge in [0.25, 0.3) is 0 Å². The molecule has 0 unspecified atom stereocenters. The van der Waals surface area contributed by atoms with Gasteiger partial charge < -0.3 is 4.74 Å². The van der Waals surface area contributed by atoms with Gasteiger partial charge >= 0.3 is 5.97 Å². The predicted molar refractivity (Wildman–Crippen MR) is 103 cm³/mol. The number of carbonyl (C=O) groups excluding carboxylic acids is 1. The minimum atomic E-state index is -0.375. The average Bonchev–Trinajstić information content (AvgIpc) is 2.62. The molecule has 0 radical (unpaired) electrons. The summed E-state index contributed by atoms with van der Waals surface area (Å²) in [5.41, 5.74) is 2.92. The molecule has 0 bridgehead atoms. The van der Waals surface area contributed by atoms with E-state index in [-0.39, 0.29) is 18.4 Å². The Morgan fingerprint density at radius 2 is 1.84 bits per heavy atom. The van der Waals surface area contributed by atoms with Crippen LogP contribution >= 0.6 is 12.4 Å². The zero-order chi connectivity index (χ0) is 17.4. The van der Waals surface area contributed by atoms with Crippen LogP contribution in [0.3, 0.4) is 0 Å². The number of allylic oxidation sites excluding steroid dienone is 7. The Bertz CT molecular complexity index is 714. The second kappa shape index (κ2) is 10.3. The van der Waals surface area contributed by atoms with Crippen LogP contribution in [0.15, 0.2) is 77.5 Å². The number of ether oxygens (including phenoxy) is 1. The van der Waals surface area contributed by atoms with Gasteiger partial charge in [0, 0.05) is 13.2 Å². The summed E-state index contributed by atoms with van der Waals surface area (Å²) in [6.45, 7) is 2.09. The lowest BCUT2D eigenvalue weighted by atomic mass is 10.1. The molecule has 0 atom stereocenters. The molecule has 0 amide bonds. The van der Waals surface area contributed by atoms with Gasteiger partial charge in [-0.3, -0.25) is 10.2 Å². The molecule has 0 fully saturated rings. The van der Waals surface area contributed by atoms with E-state index in [1.54, 1.807) is 44.3 Å². The third-order valence-corrected chi connectivity index (χ3v) is 3.31. The molecule has 0 saturated carbocycles. The van der Waals surface area contributed by atoms with E-state index in [1.165, 1.54) is 6.20 Å². The monoisotopic (exact) mass is 360 g/mol. The number of anilines is 1. The van der Waals surface area contributed by atoms with Gasteiger partial charge in [-0.25, -0.2) is 9.86 Å². The smallest absolute Gasteiger partial charge is 0.338 e. The fourth-order valence-electron chi connectivity index (χ4n) is 2.02. The van der Waals surface area contributed by atoms with Gasteiger partial charge in [-0.05, 0) is 55.0 Å². The van der Waals surface area contributed by atoms with Gasteiger partial charge in [-0.15, -0.1) is 12.4 Å². The van der Waals surface area contributed by atoms with Crippen LogP contribution in [-0.4, -0.2) is 30.5 Å². The molecule has 0 heterocycles. The number of carbonyl (C=O) groups is 1. The molecule has 0 saturated heterocycles. The lowest BCUT2D eigenvalue weighted by Gasteiger charge is -2.12. The van der Waals surface area contributed by atoms with Crippen LogP contribution in [0.2, 0.25) is 0 Å². The molecule has 5 nitrogen and oxygen atoms in total. The standard InChI is InChI=1S/C19H20N2O3.ClH/c1-3-24-19(22)16-8-12-18(13-9-16)21(23)14-4-5-15-6-10-17(20-2)11-7-15;/h4-14,23H,3H2,1-2H3;1H. The van der Waals surface area contributed by atoms with Crippen molar-refractivity contribution >= 4 is 29.8 Å². The summed E-state index contributed by atoms with van der Waals surface area (Å²) in [4.78, 5) is 15.7. The van der Waals surface area contributed by atoms with Crippen LogP contribution < -0.4 is 5.06 Å². The zero-order valence-corrected chi connectivity index (χ0v) is 14.9. The molecule has 0 spiro atoms. The van der Waals surface area contributed by atoms with Crippen LogP contribution in [-0.2, 0) is 4.74 Å². The highest BCUT2D eigenvalue weighted by molar-refractivity contribution is 6.05. The molecule has 2 rings (SSSR count). The molecule has 1 aromatic carbocycles. The maximum atomic E-state index is 11.6. The summed E-state index contributed by atoms with van der Waals surface area (Å²) >= 11 is 0. The molecule has 1 aliphatic rings. The van der Waals surface area contributed by atoms with E-state index in [0.717, 1.165) is 16.3 Å². The Hall–Kier alpha value is -2.63. The number of esters is 1. The first kappa shape index (κ1) is 20.4. The van der Waals surface area contributed by atoms with E-state index in [2.05, 4.69) is 4.99 Å². The van der Waals surface area contributed by atoms with E-state index in [9.17, 15) is 10.0 Å². The number of rotatable bonds is 5. The third-order valence-electron chi connectivity index (χ3n) is 3.31. The Kier molecular flexibility index (Phi) is 8.39. The predicted octanol–water partition coefficient (Wildman–Crippen LogP) is 4.12. The minimum Gasteiger partial charge on any atom is -0.462 e. The summed E-state index contributed by atoms with van der Waals surface area (Å²) < 4.78 is 4.92. The second-order valence-electron chi connectivity index (χ2n) is 4.94. The van der Waals surface area contributed by atoms with Crippen molar-refractivity contribution in [1.82, 2.24) is 0 Å². The molecular formula is C19H21ClN2O3. The zero-order valence-electron chi connectivity index (χ0n) is 14.1. The Balaban J connectivity index is 0.00000312. The SMILES string of the molecule is CCOC(=O)c1ccc(N(O)C=CC=C2C=CC(=NC)C=C2)cc1.Cl. The fourth-order valence-corrected chi connectivity index (χ4v) is 2.02. The number of hydroxylamine groups is 1. The lowest BCUT2D eigenvalue weighted by Crippen LogP contribution is -2.09. The van der Waals surface area contributed by atoms with Crippen LogP contribution in [0.1, 0.15) is 17.3 Å². The van der Waals surface area contributed by atoms with E-state index in [1.807, 2.05) is 30.4 Å². The molecule has 1 aliphatic carbocycles. The Morgan fingerprint density at radius 3 is 2.40 bits per heavy atom. The molecule has 6 heteroatoms. The maximum Gasteiger partial charge on any atom is 0.338 e. The second-order valence-corrected chi connectivity index (χ2v) is 4.94. The van der Waals surface area contributed by atoms with Gasteiger partial charge in [0.1, 0.15) is 0 Å². The summed E-state index contributed by atoms with van der Waals surface area (Å²) in [7, 11) is 1.75. The Labute approximate surface area is 153 Å². The molecule has 1 aromatic rings. The Morgan fingerprint density at radius 1 is 1.20 bits per heavy atom. The summed E-state index contributed by atoms with van der Waals surface area (Å²) in [6, 6.07) is 6.52. The van der Waals surface area contributed by atoms with E-state index >= 15 is 0 Å². The van der Waals surface area contributed by atoms with Crippen LogP contribution in [0.5, 0.6) is 0 Å². The lowest BCUT2D eigenvalue weighted by molar-refractivity contribution is 0.0526. The summed E-state index contributed by atoms with van der Waals surface area (Å²) in [5.74, 6) is -0.375. The van der Waals surface area contributed by atoms with E-state index in [4.69, 9.17) is 4.74 Å². The van der Waals surface area contributed by atoms with Gasteiger partial charge in [-0.1, -0.05) is 18.2 Å². The normalized spacial score (nSPS) is 12.8. The van der Waals surface area contributed by atoms with Crippen molar-refractivity contribution in [3.63, 3.8) is 0 Å². The van der Waals surface area contributed by atoms with Crippen molar-refractivity contribution in [3.05, 3.63) is 78.1 Å². The van der Waals surface area contributed by atoms with Crippen LogP contribution in [0, 0.1) is 0 Å². The van der Waals surface area contributed by atoms with Gasteiger partial charge in [0.2, 0.25) is 0 Å². The van der Waals surface area contributed by atoms with Gasteiger partial charge in [-0.2, -0.15) is 0 Å². The van der Waals surface area contributed by atoms with Crippen molar-refractivity contribution < 1.29 is 14.7 Å². The number of halogens is 1. The first-order valence-electron chi connectivity index (χ1n) is 7.60. The maximum absolute atomic E-state index is 11.6. The average molecular weight is 361 g/mol.